The van der Waals surface area contributed by atoms with Crippen molar-refractivity contribution in [1.29, 1.82) is 0 Å². The molecule has 0 aromatic heterocycles. The van der Waals surface area contributed by atoms with Crippen LogP contribution in [0.1, 0.15) is 105 Å². The fourth-order valence-corrected chi connectivity index (χ4v) is 9.03. The van der Waals surface area contributed by atoms with Gasteiger partial charge in [0.25, 0.3) is 0 Å². The van der Waals surface area contributed by atoms with Gasteiger partial charge in [-0.3, -0.25) is 4.79 Å². The molecule has 0 spiro atoms. The monoisotopic (exact) mass is 462 g/mol. The molecular formula is C29H47ClO2. The third kappa shape index (κ3) is 4.44. The minimum absolute atomic E-state index is 0.0329. The van der Waals surface area contributed by atoms with Crippen molar-refractivity contribution in [1.82, 2.24) is 0 Å². The highest BCUT2D eigenvalue weighted by atomic mass is 35.5. The molecule has 3 saturated carbocycles. The maximum absolute atomic E-state index is 11.7. The number of esters is 1. The molecule has 182 valence electrons. The van der Waals surface area contributed by atoms with Crippen LogP contribution in [-0.4, -0.2) is 18.0 Å². The first-order chi connectivity index (χ1) is 15.2. The molecule has 2 nitrogen and oxygen atoms in total. The normalized spacial score (nSPS) is 42.0. The molecule has 0 saturated heterocycles. The summed E-state index contributed by atoms with van der Waals surface area (Å²) in [5, 5.41) is 0. The Morgan fingerprint density at radius 3 is 2.59 bits per heavy atom. The Labute approximate surface area is 202 Å². The summed E-state index contributed by atoms with van der Waals surface area (Å²) in [6, 6.07) is 0. The van der Waals surface area contributed by atoms with E-state index in [0.717, 1.165) is 48.3 Å². The molecule has 32 heavy (non-hydrogen) atoms. The summed E-state index contributed by atoms with van der Waals surface area (Å²) in [5.74, 6) is 4.92. The summed E-state index contributed by atoms with van der Waals surface area (Å²) in [7, 11) is 0. The van der Waals surface area contributed by atoms with Crippen molar-refractivity contribution in [3.05, 3.63) is 11.6 Å². The van der Waals surface area contributed by atoms with Crippen molar-refractivity contribution in [2.45, 2.75) is 111 Å². The van der Waals surface area contributed by atoms with E-state index in [1.807, 2.05) is 0 Å². The molecule has 4 aliphatic rings. The summed E-state index contributed by atoms with van der Waals surface area (Å²) in [6.45, 7) is 12.5. The van der Waals surface area contributed by atoms with Crippen molar-refractivity contribution < 1.29 is 9.53 Å². The van der Waals surface area contributed by atoms with E-state index < -0.39 is 0 Å². The Balaban J connectivity index is 1.45. The fourth-order valence-electron chi connectivity index (χ4n) is 8.97. The van der Waals surface area contributed by atoms with Crippen molar-refractivity contribution in [3.63, 3.8) is 0 Å². The summed E-state index contributed by atoms with van der Waals surface area (Å²) in [6.07, 6.45) is 16.9. The second kappa shape index (κ2) is 9.63. The Hall–Kier alpha value is -0.500. The molecule has 0 aromatic carbocycles. The van der Waals surface area contributed by atoms with Crippen LogP contribution < -0.4 is 0 Å². The first kappa shape index (κ1) is 24.6. The van der Waals surface area contributed by atoms with Gasteiger partial charge in [-0.2, -0.15) is 0 Å². The van der Waals surface area contributed by atoms with Gasteiger partial charge in [-0.15, -0.1) is 11.6 Å². The highest BCUT2D eigenvalue weighted by molar-refractivity contribution is 6.26. The van der Waals surface area contributed by atoms with E-state index in [1.54, 1.807) is 5.57 Å². The number of alkyl halides is 1. The second-order valence-electron chi connectivity index (χ2n) is 12.8. The van der Waals surface area contributed by atoms with E-state index in [2.05, 4.69) is 40.7 Å². The van der Waals surface area contributed by atoms with E-state index in [0.29, 0.717) is 10.8 Å². The Kier molecular flexibility index (Phi) is 7.41. The van der Waals surface area contributed by atoms with Crippen LogP contribution >= 0.6 is 11.6 Å². The number of hydrogen-bond acceptors (Lipinski definition) is 2. The minimum atomic E-state index is -0.262. The number of fused-ring (bicyclic) bond motifs is 5. The first-order valence-corrected chi connectivity index (χ1v) is 14.2. The molecule has 0 aliphatic heterocycles. The molecule has 0 unspecified atom stereocenters. The van der Waals surface area contributed by atoms with Crippen molar-refractivity contribution in [2.75, 3.05) is 5.88 Å². The number of carbonyl (C=O) groups is 1. The molecule has 0 N–H and O–H groups in total. The number of ether oxygens (including phenoxy) is 1. The lowest BCUT2D eigenvalue weighted by atomic mass is 9.47. The fraction of sp³-hybridized carbons (Fsp3) is 0.897. The largest absolute Gasteiger partial charge is 0.461 e. The number of halogens is 1. The lowest BCUT2D eigenvalue weighted by Gasteiger charge is -2.58. The van der Waals surface area contributed by atoms with Crippen LogP contribution in [0.25, 0.3) is 0 Å². The lowest BCUT2D eigenvalue weighted by molar-refractivity contribution is -0.148. The highest BCUT2D eigenvalue weighted by Crippen LogP contribution is 2.67. The molecule has 0 aromatic rings. The maximum Gasteiger partial charge on any atom is 0.321 e. The molecule has 0 radical (unpaired) electrons. The summed E-state index contributed by atoms with van der Waals surface area (Å²) in [5.41, 5.74) is 2.44. The van der Waals surface area contributed by atoms with E-state index in [4.69, 9.17) is 16.3 Å². The third-order valence-electron chi connectivity index (χ3n) is 10.7. The highest BCUT2D eigenvalue weighted by Gasteiger charge is 2.59. The predicted molar refractivity (Wildman–Crippen MR) is 134 cm³/mol. The van der Waals surface area contributed by atoms with Gasteiger partial charge in [0, 0.05) is 6.42 Å². The van der Waals surface area contributed by atoms with Crippen LogP contribution in [0.2, 0.25) is 0 Å². The van der Waals surface area contributed by atoms with Gasteiger partial charge in [-0.05, 0) is 91.3 Å². The molecule has 4 aliphatic carbocycles. The van der Waals surface area contributed by atoms with Gasteiger partial charge in [0.15, 0.2) is 0 Å². The van der Waals surface area contributed by atoms with Crippen molar-refractivity contribution >= 4 is 17.6 Å². The third-order valence-corrected chi connectivity index (χ3v) is 10.9. The van der Waals surface area contributed by atoms with Gasteiger partial charge in [0.05, 0.1) is 0 Å². The zero-order chi connectivity index (χ0) is 23.1. The summed E-state index contributed by atoms with van der Waals surface area (Å²) in [4.78, 5) is 11.7. The maximum atomic E-state index is 11.7. The van der Waals surface area contributed by atoms with E-state index >= 15 is 0 Å². The standard InChI is InChI=1S/C29H47ClO2/c1-19(2)7-6-8-20(3)24-11-12-25-23-10-9-21-17-22(32-27(31)18-30)13-15-28(21,4)26(23)14-16-29(24,25)5/h9,19-20,22-26H,6-8,10-18H2,1-5H3/t20-,22+,23+,24-,25+,26+,28+,29-/m1/s1. The van der Waals surface area contributed by atoms with Crippen LogP contribution in [0.4, 0.5) is 0 Å². The number of allylic oxidation sites excluding steroid dienone is 1. The zero-order valence-electron chi connectivity index (χ0n) is 21.3. The average molecular weight is 463 g/mol. The molecule has 3 fully saturated rings. The first-order valence-electron chi connectivity index (χ1n) is 13.6. The molecule has 0 bridgehead atoms. The quantitative estimate of drug-likeness (QED) is 0.216. The van der Waals surface area contributed by atoms with Crippen molar-refractivity contribution in [3.8, 4) is 0 Å². The van der Waals surface area contributed by atoms with Gasteiger partial charge in [0.1, 0.15) is 12.0 Å². The second-order valence-corrected chi connectivity index (χ2v) is 13.0. The van der Waals surface area contributed by atoms with Gasteiger partial charge in [-0.25, -0.2) is 0 Å². The zero-order valence-corrected chi connectivity index (χ0v) is 22.1. The molecule has 4 rings (SSSR count). The topological polar surface area (TPSA) is 26.3 Å². The van der Waals surface area contributed by atoms with Crippen LogP contribution in [-0.2, 0) is 9.53 Å². The Morgan fingerprint density at radius 2 is 1.88 bits per heavy atom. The average Bonchev–Trinajstić information content (AvgIpc) is 3.11. The minimum Gasteiger partial charge on any atom is -0.461 e. The van der Waals surface area contributed by atoms with Crippen LogP contribution in [0.15, 0.2) is 11.6 Å². The lowest BCUT2D eigenvalue weighted by Crippen LogP contribution is -2.51. The van der Waals surface area contributed by atoms with E-state index in [-0.39, 0.29) is 18.0 Å². The van der Waals surface area contributed by atoms with Gasteiger partial charge < -0.3 is 4.74 Å². The molecule has 8 atom stereocenters. The van der Waals surface area contributed by atoms with Gasteiger partial charge in [-0.1, -0.05) is 65.5 Å². The Bertz CT molecular complexity index is 714. The predicted octanol–water partition coefficient (Wildman–Crippen LogP) is 8.18. The molecule has 0 heterocycles. The van der Waals surface area contributed by atoms with Gasteiger partial charge in [0.2, 0.25) is 0 Å². The SMILES string of the molecule is CC(C)CCC[C@@H](C)[C@H]1CC[C@H]2[C@@H]3CC=C4C[C@@H](OC(=O)CCl)CC[C@]4(C)[C@H]3CC[C@]12C. The van der Waals surface area contributed by atoms with E-state index in [1.165, 1.54) is 57.8 Å². The molecule has 3 heteroatoms. The number of rotatable bonds is 7. The van der Waals surface area contributed by atoms with Gasteiger partial charge >= 0.3 is 5.97 Å². The van der Waals surface area contributed by atoms with Crippen LogP contribution in [0.5, 0.6) is 0 Å². The summed E-state index contributed by atoms with van der Waals surface area (Å²) >= 11 is 5.68. The van der Waals surface area contributed by atoms with Crippen LogP contribution in [0, 0.1) is 46.3 Å². The summed E-state index contributed by atoms with van der Waals surface area (Å²) < 4.78 is 5.63. The Morgan fingerprint density at radius 1 is 1.09 bits per heavy atom. The van der Waals surface area contributed by atoms with Crippen molar-refractivity contribution in [2.24, 2.45) is 46.3 Å². The number of carbonyl (C=O) groups excluding carboxylic acids is 1. The smallest absolute Gasteiger partial charge is 0.321 e. The molecule has 0 amide bonds. The van der Waals surface area contributed by atoms with Crippen LogP contribution in [0.3, 0.4) is 0 Å². The number of hydrogen-bond donors (Lipinski definition) is 0. The van der Waals surface area contributed by atoms with E-state index in [9.17, 15) is 4.79 Å². The molecular weight excluding hydrogens is 416 g/mol.